The summed E-state index contributed by atoms with van der Waals surface area (Å²) in [6.07, 6.45) is 0.849. The van der Waals surface area contributed by atoms with Crippen LogP contribution in [0.3, 0.4) is 0 Å². The molecule has 2 aromatic rings. The molecule has 25 heavy (non-hydrogen) atoms. The smallest absolute Gasteiger partial charge is 0.255 e. The third-order valence-electron chi connectivity index (χ3n) is 4.50. The number of aryl methyl sites for hydroxylation is 3. The minimum Gasteiger partial charge on any atom is -0.350 e. The van der Waals surface area contributed by atoms with Gasteiger partial charge >= 0.3 is 0 Å². The van der Waals surface area contributed by atoms with Crippen molar-refractivity contribution >= 4 is 17.5 Å². The molecule has 132 valence electrons. The number of amides is 2. The Kier molecular flexibility index (Phi) is 5.97. The lowest BCUT2D eigenvalue weighted by Gasteiger charge is -2.15. The zero-order chi connectivity index (χ0) is 18.6. The van der Waals surface area contributed by atoms with Crippen molar-refractivity contribution < 1.29 is 9.59 Å². The van der Waals surface area contributed by atoms with Gasteiger partial charge in [-0.3, -0.25) is 9.59 Å². The normalized spacial score (nSPS) is 11.7. The molecule has 0 bridgehead atoms. The minimum absolute atomic E-state index is 0.0817. The van der Waals surface area contributed by atoms with E-state index in [0.29, 0.717) is 16.8 Å². The summed E-state index contributed by atoms with van der Waals surface area (Å²) in [6, 6.07) is 11.1. The first-order chi connectivity index (χ1) is 11.8. The van der Waals surface area contributed by atoms with Gasteiger partial charge in [-0.1, -0.05) is 25.1 Å². The molecule has 2 amide bonds. The number of hydrogen-bond donors (Lipinski definition) is 2. The van der Waals surface area contributed by atoms with Gasteiger partial charge in [0.1, 0.15) is 0 Å². The molecule has 1 atom stereocenters. The van der Waals surface area contributed by atoms with Crippen molar-refractivity contribution in [1.29, 1.82) is 0 Å². The Bertz CT molecular complexity index is 796. The highest BCUT2D eigenvalue weighted by atomic mass is 16.2. The predicted molar refractivity (Wildman–Crippen MR) is 102 cm³/mol. The van der Waals surface area contributed by atoms with Crippen LogP contribution in [0.1, 0.15) is 57.7 Å². The Morgan fingerprint density at radius 1 is 0.920 bits per heavy atom. The lowest BCUT2D eigenvalue weighted by molar-refractivity contribution is 0.0940. The zero-order valence-electron chi connectivity index (χ0n) is 15.6. The standard InChI is InChI=1S/C21H26N2O2/c1-6-16(5)22-20(24)17-9-7-8-10-19(17)23-21(25)18-12-14(3)13(2)11-15(18)4/h7-12,16H,6H2,1-5H3,(H,22,24)(H,23,25). The van der Waals surface area contributed by atoms with Crippen LogP contribution in [0.4, 0.5) is 5.69 Å². The fourth-order valence-corrected chi connectivity index (χ4v) is 2.59. The van der Waals surface area contributed by atoms with Gasteiger partial charge in [0, 0.05) is 11.6 Å². The number of benzene rings is 2. The summed E-state index contributed by atoms with van der Waals surface area (Å²) < 4.78 is 0. The number of rotatable bonds is 5. The molecule has 0 fully saturated rings. The van der Waals surface area contributed by atoms with E-state index in [-0.39, 0.29) is 17.9 Å². The van der Waals surface area contributed by atoms with Crippen LogP contribution < -0.4 is 10.6 Å². The second-order valence-corrected chi connectivity index (χ2v) is 6.53. The average Bonchev–Trinajstić information content (AvgIpc) is 2.58. The third-order valence-corrected chi connectivity index (χ3v) is 4.50. The van der Waals surface area contributed by atoms with Crippen LogP contribution in [0.2, 0.25) is 0 Å². The zero-order valence-corrected chi connectivity index (χ0v) is 15.6. The van der Waals surface area contributed by atoms with Crippen LogP contribution in [0.15, 0.2) is 36.4 Å². The summed E-state index contributed by atoms with van der Waals surface area (Å²) >= 11 is 0. The van der Waals surface area contributed by atoms with Crippen molar-refractivity contribution in [3.8, 4) is 0 Å². The molecule has 0 saturated heterocycles. The van der Waals surface area contributed by atoms with E-state index in [1.165, 1.54) is 0 Å². The molecule has 0 aliphatic heterocycles. The predicted octanol–water partition coefficient (Wildman–Crippen LogP) is 4.39. The molecule has 0 aliphatic rings. The van der Waals surface area contributed by atoms with Crippen LogP contribution in [0.25, 0.3) is 0 Å². The molecule has 4 heteroatoms. The maximum Gasteiger partial charge on any atom is 0.255 e. The molecule has 2 aromatic carbocycles. The number of carbonyl (C=O) groups is 2. The highest BCUT2D eigenvalue weighted by Crippen LogP contribution is 2.20. The van der Waals surface area contributed by atoms with Crippen LogP contribution in [0.5, 0.6) is 0 Å². The second-order valence-electron chi connectivity index (χ2n) is 6.53. The Balaban J connectivity index is 2.28. The van der Waals surface area contributed by atoms with Crippen molar-refractivity contribution in [3.05, 3.63) is 64.2 Å². The van der Waals surface area contributed by atoms with Crippen LogP contribution in [-0.4, -0.2) is 17.9 Å². The van der Waals surface area contributed by atoms with E-state index in [1.807, 2.05) is 52.8 Å². The molecule has 0 aliphatic carbocycles. The molecular weight excluding hydrogens is 312 g/mol. The lowest BCUT2D eigenvalue weighted by Crippen LogP contribution is -2.32. The lowest BCUT2D eigenvalue weighted by atomic mass is 10.00. The largest absolute Gasteiger partial charge is 0.350 e. The van der Waals surface area contributed by atoms with E-state index < -0.39 is 0 Å². The van der Waals surface area contributed by atoms with Gasteiger partial charge in [0.25, 0.3) is 11.8 Å². The minimum atomic E-state index is -0.204. The van der Waals surface area contributed by atoms with Gasteiger partial charge < -0.3 is 10.6 Å². The van der Waals surface area contributed by atoms with E-state index >= 15 is 0 Å². The molecule has 1 unspecified atom stereocenters. The summed E-state index contributed by atoms with van der Waals surface area (Å²) in [5.41, 5.74) is 4.76. The van der Waals surface area contributed by atoms with E-state index in [4.69, 9.17) is 0 Å². The Hall–Kier alpha value is -2.62. The Labute approximate surface area is 149 Å². The fraction of sp³-hybridized carbons (Fsp3) is 0.333. The van der Waals surface area contributed by atoms with E-state index in [1.54, 1.807) is 18.2 Å². The SMILES string of the molecule is CCC(C)NC(=O)c1ccccc1NC(=O)c1cc(C)c(C)cc1C. The van der Waals surface area contributed by atoms with Crippen molar-refractivity contribution in [1.82, 2.24) is 5.32 Å². The Morgan fingerprint density at radius 2 is 1.56 bits per heavy atom. The first kappa shape index (κ1) is 18.7. The summed E-state index contributed by atoms with van der Waals surface area (Å²) in [5.74, 6) is -0.383. The van der Waals surface area contributed by atoms with Crippen LogP contribution in [-0.2, 0) is 0 Å². The molecule has 0 spiro atoms. The summed E-state index contributed by atoms with van der Waals surface area (Å²) in [4.78, 5) is 25.2. The van der Waals surface area contributed by atoms with Crippen molar-refractivity contribution in [2.45, 2.75) is 47.1 Å². The number of hydrogen-bond acceptors (Lipinski definition) is 2. The number of nitrogens with one attached hydrogen (secondary N) is 2. The van der Waals surface area contributed by atoms with E-state index in [2.05, 4.69) is 10.6 Å². The maximum atomic E-state index is 12.7. The van der Waals surface area contributed by atoms with Crippen molar-refractivity contribution in [3.63, 3.8) is 0 Å². The van der Waals surface area contributed by atoms with E-state index in [0.717, 1.165) is 23.1 Å². The third kappa shape index (κ3) is 4.47. The van der Waals surface area contributed by atoms with Gasteiger partial charge in [0.15, 0.2) is 0 Å². The summed E-state index contributed by atoms with van der Waals surface area (Å²) in [7, 11) is 0. The first-order valence-electron chi connectivity index (χ1n) is 8.62. The van der Waals surface area contributed by atoms with Gasteiger partial charge in [0.05, 0.1) is 11.3 Å². The fourth-order valence-electron chi connectivity index (χ4n) is 2.59. The number of carbonyl (C=O) groups excluding carboxylic acids is 2. The molecule has 4 nitrogen and oxygen atoms in total. The molecule has 2 N–H and O–H groups in total. The maximum absolute atomic E-state index is 12.7. The van der Waals surface area contributed by atoms with Crippen molar-refractivity contribution in [2.75, 3.05) is 5.32 Å². The van der Waals surface area contributed by atoms with Gasteiger partial charge in [-0.2, -0.15) is 0 Å². The molecule has 0 heterocycles. The molecular formula is C21H26N2O2. The highest BCUT2D eigenvalue weighted by Gasteiger charge is 2.16. The van der Waals surface area contributed by atoms with Gasteiger partial charge in [-0.15, -0.1) is 0 Å². The van der Waals surface area contributed by atoms with E-state index in [9.17, 15) is 9.59 Å². The second kappa shape index (κ2) is 7.97. The summed E-state index contributed by atoms with van der Waals surface area (Å²) in [6.45, 7) is 9.90. The number of anilines is 1. The molecule has 0 aromatic heterocycles. The van der Waals surface area contributed by atoms with Crippen molar-refractivity contribution in [2.24, 2.45) is 0 Å². The molecule has 2 rings (SSSR count). The first-order valence-corrected chi connectivity index (χ1v) is 8.62. The van der Waals surface area contributed by atoms with Crippen LogP contribution >= 0.6 is 0 Å². The molecule has 0 saturated carbocycles. The highest BCUT2D eigenvalue weighted by molar-refractivity contribution is 6.09. The van der Waals surface area contributed by atoms with Gasteiger partial charge in [-0.25, -0.2) is 0 Å². The van der Waals surface area contributed by atoms with Gasteiger partial charge in [-0.05, 0) is 69.0 Å². The molecule has 0 radical (unpaired) electrons. The number of para-hydroxylation sites is 1. The van der Waals surface area contributed by atoms with Crippen LogP contribution in [0, 0.1) is 20.8 Å². The monoisotopic (exact) mass is 338 g/mol. The van der Waals surface area contributed by atoms with Gasteiger partial charge in [0.2, 0.25) is 0 Å². The Morgan fingerprint density at radius 3 is 2.24 bits per heavy atom. The summed E-state index contributed by atoms with van der Waals surface area (Å²) in [5, 5.41) is 5.82. The quantitative estimate of drug-likeness (QED) is 0.849. The average molecular weight is 338 g/mol. The topological polar surface area (TPSA) is 58.2 Å².